The number of nitrogens with zero attached hydrogens (tertiary/aromatic N) is 22. The number of piperidine rings is 2. The Morgan fingerprint density at radius 3 is 1.09 bits per heavy atom. The smallest absolute Gasteiger partial charge is 0.259 e. The predicted molar refractivity (Wildman–Crippen MR) is 461 cm³/mol. The number of fused-ring (bicyclic) bond motifs is 7. The average molecular weight is 1630 g/mol. The molecule has 0 bridgehead atoms. The highest BCUT2D eigenvalue weighted by molar-refractivity contribution is 5.70. The first kappa shape index (κ1) is 81.1. The molecule has 4 saturated heterocycles. The molecule has 4 aliphatic rings. The molecule has 0 radical (unpaired) electrons. The minimum absolute atomic E-state index is 0.143. The highest BCUT2D eigenvalue weighted by atomic mass is 19.1. The van der Waals surface area contributed by atoms with E-state index in [9.17, 15) is 36.7 Å². The fraction of sp³-hybridized carbons (Fsp3) is 0.337. The SMILES string of the molecule is COc1ccc(-c2ccc3nc(N4CCC(N(C)C)CC4)cc(=O)n3c2)cc1F.Cc1cn2cc(-c3cc(=O)n4cc(N5CCC(N(C)C)CC5)ccc4n3)cc(F)c2n1.Cc1cn2cc(-c3cc(=O)n4cc(N5CCN(C)[C@@H](C)C5)ccc4n3)cc(F)c2n1.Cc1cn2cc(-c3cc(=O)n4cc(N5CCN(C)[C@H](C)C5)ccc4n3)cc(F)c2n1. The van der Waals surface area contributed by atoms with Gasteiger partial charge in [-0.25, -0.2) is 52.4 Å². The van der Waals surface area contributed by atoms with Gasteiger partial charge in [-0.2, -0.15) is 0 Å². The molecule has 18 heterocycles. The molecule has 19 rings (SSSR count). The summed E-state index contributed by atoms with van der Waals surface area (Å²) in [5.41, 5.74) is 11.8. The maximum absolute atomic E-state index is 14.5. The molecule has 2 atom stereocenters. The first-order valence-corrected chi connectivity index (χ1v) is 40.3. The number of imidazole rings is 3. The lowest BCUT2D eigenvalue weighted by Gasteiger charge is -2.39. The Bertz CT molecular complexity index is 6450. The Hall–Kier alpha value is -12.7. The molecular weight excluding hydrogens is 1530 g/mol. The predicted octanol–water partition coefficient (Wildman–Crippen LogP) is 11.2. The largest absolute Gasteiger partial charge is 0.494 e. The number of anilines is 4. The first-order chi connectivity index (χ1) is 57.6. The zero-order valence-corrected chi connectivity index (χ0v) is 69.3. The number of pyridine rings is 7. The molecule has 0 spiro atoms. The van der Waals surface area contributed by atoms with Crippen LogP contribution in [-0.2, 0) is 0 Å². The van der Waals surface area contributed by atoms with Gasteiger partial charge in [-0.05, 0) is 193 Å². The second kappa shape index (κ2) is 33.6. The minimum atomic E-state index is -0.442. The van der Waals surface area contributed by atoms with Crippen LogP contribution in [0.4, 0.5) is 40.4 Å². The fourth-order valence-corrected chi connectivity index (χ4v) is 16.3. The lowest BCUT2D eigenvalue weighted by Crippen LogP contribution is -2.50. The zero-order chi connectivity index (χ0) is 84.2. The van der Waals surface area contributed by atoms with Crippen LogP contribution < -0.4 is 46.6 Å². The maximum atomic E-state index is 14.5. The van der Waals surface area contributed by atoms with Crippen molar-refractivity contribution in [3.8, 4) is 50.6 Å². The Labute approximate surface area is 689 Å². The normalized spacial score (nSPS) is 16.6. The molecule has 120 heavy (non-hydrogen) atoms. The van der Waals surface area contributed by atoms with Crippen molar-refractivity contribution in [2.24, 2.45) is 0 Å². The minimum Gasteiger partial charge on any atom is -0.494 e. The molecule has 0 aliphatic carbocycles. The van der Waals surface area contributed by atoms with Crippen LogP contribution in [0.1, 0.15) is 56.6 Å². The zero-order valence-electron chi connectivity index (χ0n) is 69.3. The second-order valence-electron chi connectivity index (χ2n) is 32.2. The second-order valence-corrected chi connectivity index (χ2v) is 32.2. The third-order valence-electron chi connectivity index (χ3n) is 23.6. The third-order valence-corrected chi connectivity index (χ3v) is 23.6. The molecule has 0 N–H and O–H groups in total. The summed E-state index contributed by atoms with van der Waals surface area (Å²) in [6.07, 6.45) is 22.0. The van der Waals surface area contributed by atoms with Crippen molar-refractivity contribution in [2.45, 2.75) is 84.5 Å². The summed E-state index contributed by atoms with van der Waals surface area (Å²) in [7, 11) is 14.1. The van der Waals surface area contributed by atoms with Gasteiger partial charge in [0.15, 0.2) is 46.0 Å². The number of hydrogen-bond acceptors (Lipinski definition) is 20. The Balaban J connectivity index is 0.000000119. The van der Waals surface area contributed by atoms with Crippen molar-refractivity contribution in [1.82, 2.24) is 85.3 Å². The van der Waals surface area contributed by atoms with Crippen LogP contribution in [0.15, 0.2) is 190 Å². The Morgan fingerprint density at radius 2 is 0.708 bits per heavy atom. The molecule has 27 nitrogen and oxygen atoms in total. The van der Waals surface area contributed by atoms with Gasteiger partial charge in [-0.1, -0.05) is 6.07 Å². The van der Waals surface area contributed by atoms with E-state index in [1.807, 2.05) is 81.8 Å². The number of benzene rings is 1. The number of halogens is 4. The van der Waals surface area contributed by atoms with Gasteiger partial charge in [-0.15, -0.1) is 0 Å². The Morgan fingerprint density at radius 1 is 0.358 bits per heavy atom. The number of likely N-dealkylation sites (N-methyl/N-ethyl adjacent to an activating group) is 2. The average Bonchev–Trinajstić information content (AvgIpc) is 1.65. The fourth-order valence-electron chi connectivity index (χ4n) is 16.3. The van der Waals surface area contributed by atoms with Crippen LogP contribution in [0.3, 0.4) is 0 Å². The molecule has 0 amide bonds. The molecular formula is C89H96F4N22O5. The highest BCUT2D eigenvalue weighted by Crippen LogP contribution is 2.31. The molecule has 31 heteroatoms. The lowest BCUT2D eigenvalue weighted by atomic mass is 10.0. The molecule has 0 saturated carbocycles. The molecule has 1 aromatic carbocycles. The summed E-state index contributed by atoms with van der Waals surface area (Å²) < 4.78 is 73.5. The van der Waals surface area contributed by atoms with E-state index in [0.717, 1.165) is 137 Å². The molecule has 15 aromatic rings. The summed E-state index contributed by atoms with van der Waals surface area (Å²) in [6, 6.07) is 32.1. The first-order valence-electron chi connectivity index (χ1n) is 40.3. The van der Waals surface area contributed by atoms with Crippen LogP contribution in [0.25, 0.3) is 84.4 Å². The van der Waals surface area contributed by atoms with Crippen molar-refractivity contribution in [2.75, 3.05) is 134 Å². The number of aromatic nitrogens is 14. The van der Waals surface area contributed by atoms with Gasteiger partial charge in [0.05, 0.1) is 58.3 Å². The Kier molecular flexibility index (Phi) is 22.7. The van der Waals surface area contributed by atoms with Gasteiger partial charge in [0.1, 0.15) is 28.4 Å². The summed E-state index contributed by atoms with van der Waals surface area (Å²) in [4.78, 5) is 101. The molecule has 4 fully saturated rings. The molecule has 620 valence electrons. The van der Waals surface area contributed by atoms with Gasteiger partial charge in [0.25, 0.3) is 22.2 Å². The number of rotatable bonds is 11. The summed E-state index contributed by atoms with van der Waals surface area (Å²) in [6.45, 7) is 19.1. The van der Waals surface area contributed by atoms with E-state index in [2.05, 4.69) is 125 Å². The number of ether oxygens (including phenoxy) is 1. The van der Waals surface area contributed by atoms with Crippen LogP contribution in [0, 0.1) is 44.0 Å². The topological polar surface area (TPSA) is 225 Å². The lowest BCUT2D eigenvalue weighted by molar-refractivity contribution is 0.234. The van der Waals surface area contributed by atoms with E-state index in [4.69, 9.17) is 9.72 Å². The van der Waals surface area contributed by atoms with Crippen molar-refractivity contribution in [3.63, 3.8) is 0 Å². The van der Waals surface area contributed by atoms with Crippen molar-refractivity contribution in [3.05, 3.63) is 253 Å². The van der Waals surface area contributed by atoms with Crippen LogP contribution in [0.2, 0.25) is 0 Å². The van der Waals surface area contributed by atoms with Gasteiger partial charge < -0.3 is 57.1 Å². The van der Waals surface area contributed by atoms with Gasteiger partial charge in [0, 0.05) is 193 Å². The monoisotopic (exact) mass is 1630 g/mol. The molecule has 4 aliphatic heterocycles. The standard InChI is InChI=1S/C23H25FN6O.2C22H23FN6O.C22H25FN4O2/c1-15-12-29-13-16(10-19(24)23(29)25-15)20-11-22(31)30-14-18(4-5-21(30)26-20)28-8-6-17(7-9-28)27(2)3;2*1-14-10-28-12-16(8-18(23)22(28)24-14)19-9-21(30)29-13-17(4-5-20(29)25-19)27-7-6-26(3)15(2)11-27;1-25(2)17-8-10-26(11-9-17)21-13-22(28)27-14-16(5-7-20(27)24-21)15-4-6-19(29-3)18(23)12-15/h4-5,10-14,17H,6-9H2,1-3H3;2*4-5,8-10,12-13,15H,6-7,11H2,1-3H3;4-7,12-14,17H,8-11H2,1-3H3/t;2*15-;/m.10./s1. The van der Waals surface area contributed by atoms with Crippen LogP contribution >= 0.6 is 0 Å². The van der Waals surface area contributed by atoms with Crippen molar-refractivity contribution < 1.29 is 22.3 Å². The van der Waals surface area contributed by atoms with Gasteiger partial charge >= 0.3 is 0 Å². The van der Waals surface area contributed by atoms with E-state index in [1.54, 1.807) is 94.0 Å². The van der Waals surface area contributed by atoms with Crippen molar-refractivity contribution in [1.29, 1.82) is 0 Å². The summed E-state index contributed by atoms with van der Waals surface area (Å²) in [5.74, 6) is -0.855. The number of piperazine rings is 2. The molecule has 14 aromatic heterocycles. The summed E-state index contributed by atoms with van der Waals surface area (Å²) in [5, 5.41) is 0. The summed E-state index contributed by atoms with van der Waals surface area (Å²) >= 11 is 0. The van der Waals surface area contributed by atoms with Crippen LogP contribution in [-0.4, -0.2) is 224 Å². The van der Waals surface area contributed by atoms with Gasteiger partial charge in [0.2, 0.25) is 0 Å². The van der Waals surface area contributed by atoms with Crippen molar-refractivity contribution >= 4 is 62.4 Å². The van der Waals surface area contributed by atoms with E-state index < -0.39 is 23.3 Å². The molecule has 0 unspecified atom stereocenters. The van der Waals surface area contributed by atoms with E-state index >= 15 is 0 Å². The number of aryl methyl sites for hydroxylation is 3. The number of hydrogen-bond donors (Lipinski definition) is 0. The van der Waals surface area contributed by atoms with E-state index in [0.29, 0.717) is 86.1 Å². The highest BCUT2D eigenvalue weighted by Gasteiger charge is 2.27. The quantitative estimate of drug-likeness (QED) is 0.110. The van der Waals surface area contributed by atoms with Crippen LogP contribution in [0.5, 0.6) is 5.75 Å². The third kappa shape index (κ3) is 16.9. The van der Waals surface area contributed by atoms with E-state index in [1.165, 1.54) is 54.0 Å². The van der Waals surface area contributed by atoms with Gasteiger partial charge in [-0.3, -0.25) is 36.8 Å². The maximum Gasteiger partial charge on any atom is 0.259 e. The van der Waals surface area contributed by atoms with E-state index in [-0.39, 0.29) is 44.9 Å². The number of methoxy groups -OCH3 is 1.